The molecule has 1 fully saturated rings. The van der Waals surface area contributed by atoms with Crippen molar-refractivity contribution in [2.45, 2.75) is 52.4 Å². The maximum absolute atomic E-state index is 13.1. The number of carbonyl (C=O) groups is 1. The second-order valence-electron chi connectivity index (χ2n) is 10.9. The molecule has 1 aliphatic heterocycles. The average Bonchev–Trinajstić information content (AvgIpc) is 3.86. The number of oxazole rings is 1. The standard InChI is InChI=1S/C30H31N11O5/c1-4-39-25-22(28(43)40(5-2)30(39)44)38(3)19(34-25)13-18-14-32-27(46-18)17-10-8-16(9-11-17)26(42)37-29-35-23(31)21-24(36-29)41(15-33-21)20-7-6-12-45-20/h8-11,14-15,20H,4-7,12-13H2,1-3H3,(H3,31,35,36,37,42)/t20-/m1/s1. The minimum atomic E-state index is -0.420. The number of hydrogen-bond acceptors (Lipinski definition) is 11. The predicted molar refractivity (Wildman–Crippen MR) is 167 cm³/mol. The van der Waals surface area contributed by atoms with Crippen LogP contribution in [0.3, 0.4) is 0 Å². The second-order valence-corrected chi connectivity index (χ2v) is 10.9. The Bertz CT molecular complexity index is 2230. The Morgan fingerprint density at radius 1 is 1.04 bits per heavy atom. The van der Waals surface area contributed by atoms with Crippen LogP contribution in [0.1, 0.15) is 54.9 Å². The second kappa shape index (κ2) is 11.4. The molecule has 16 heteroatoms. The summed E-state index contributed by atoms with van der Waals surface area (Å²) in [5, 5.41) is 2.71. The van der Waals surface area contributed by atoms with Crippen molar-refractivity contribution in [1.82, 2.24) is 43.2 Å². The van der Waals surface area contributed by atoms with Gasteiger partial charge < -0.3 is 19.5 Å². The number of nitrogens with zero attached hydrogens (tertiary/aromatic N) is 9. The van der Waals surface area contributed by atoms with Gasteiger partial charge in [0, 0.05) is 37.9 Å². The lowest BCUT2D eigenvalue weighted by Gasteiger charge is -2.12. The van der Waals surface area contributed by atoms with E-state index in [-0.39, 0.29) is 42.2 Å². The van der Waals surface area contributed by atoms with E-state index in [1.54, 1.807) is 59.9 Å². The van der Waals surface area contributed by atoms with Crippen molar-refractivity contribution in [2.75, 3.05) is 17.7 Å². The Labute approximate surface area is 260 Å². The third-order valence-corrected chi connectivity index (χ3v) is 8.14. The molecule has 7 rings (SSSR count). The van der Waals surface area contributed by atoms with Crippen molar-refractivity contribution >= 4 is 40.0 Å². The zero-order chi connectivity index (χ0) is 32.1. The summed E-state index contributed by atoms with van der Waals surface area (Å²) < 4.78 is 17.9. The number of carbonyl (C=O) groups excluding carboxylic acids is 1. The molecule has 0 spiro atoms. The lowest BCUT2D eigenvalue weighted by molar-refractivity contribution is 0.0593. The summed E-state index contributed by atoms with van der Waals surface area (Å²) in [7, 11) is 1.74. The summed E-state index contributed by atoms with van der Waals surface area (Å²) >= 11 is 0. The van der Waals surface area contributed by atoms with Gasteiger partial charge in [-0.05, 0) is 51.0 Å². The number of rotatable bonds is 8. The number of hydrogen-bond donors (Lipinski definition) is 2. The molecule has 0 saturated carbocycles. The third kappa shape index (κ3) is 4.82. The van der Waals surface area contributed by atoms with Crippen LogP contribution in [0, 0.1) is 0 Å². The molecular formula is C30H31N11O5. The summed E-state index contributed by atoms with van der Waals surface area (Å²) in [6.45, 7) is 4.90. The van der Waals surface area contributed by atoms with Gasteiger partial charge in [-0.1, -0.05) is 0 Å². The van der Waals surface area contributed by atoms with Gasteiger partial charge in [-0.25, -0.2) is 19.7 Å². The van der Waals surface area contributed by atoms with Crippen molar-refractivity contribution in [2.24, 2.45) is 7.05 Å². The number of imidazole rings is 2. The van der Waals surface area contributed by atoms with Gasteiger partial charge in [0.2, 0.25) is 11.8 Å². The number of fused-ring (bicyclic) bond motifs is 2. The average molecular weight is 626 g/mol. The maximum Gasteiger partial charge on any atom is 0.332 e. The third-order valence-electron chi connectivity index (χ3n) is 8.14. The van der Waals surface area contributed by atoms with Crippen LogP contribution in [0.4, 0.5) is 11.8 Å². The minimum absolute atomic E-state index is 0.0580. The van der Waals surface area contributed by atoms with Gasteiger partial charge in [0.25, 0.3) is 11.5 Å². The first-order valence-corrected chi connectivity index (χ1v) is 14.9. The summed E-state index contributed by atoms with van der Waals surface area (Å²) in [5.41, 5.74) is 8.00. The lowest BCUT2D eigenvalue weighted by Crippen LogP contribution is -2.39. The largest absolute Gasteiger partial charge is 0.441 e. The molecule has 0 aliphatic carbocycles. The van der Waals surface area contributed by atoms with Crippen molar-refractivity contribution in [3.05, 3.63) is 74.8 Å². The Morgan fingerprint density at radius 2 is 1.83 bits per heavy atom. The van der Waals surface area contributed by atoms with Crippen molar-refractivity contribution in [3.63, 3.8) is 0 Å². The normalized spacial score (nSPS) is 14.9. The fraction of sp³-hybridized carbons (Fsp3) is 0.333. The van der Waals surface area contributed by atoms with Crippen LogP contribution >= 0.6 is 0 Å². The molecule has 1 amide bonds. The van der Waals surface area contributed by atoms with Crippen LogP contribution in [0.2, 0.25) is 0 Å². The fourth-order valence-corrected chi connectivity index (χ4v) is 5.73. The van der Waals surface area contributed by atoms with Gasteiger partial charge in [-0.2, -0.15) is 9.97 Å². The number of aromatic nitrogens is 9. The molecule has 6 heterocycles. The lowest BCUT2D eigenvalue weighted by atomic mass is 10.1. The van der Waals surface area contributed by atoms with Gasteiger partial charge in [0.05, 0.1) is 18.9 Å². The zero-order valence-corrected chi connectivity index (χ0v) is 25.4. The van der Waals surface area contributed by atoms with Crippen LogP contribution < -0.4 is 22.3 Å². The van der Waals surface area contributed by atoms with Crippen molar-refractivity contribution in [1.29, 1.82) is 0 Å². The van der Waals surface area contributed by atoms with Gasteiger partial charge in [0.15, 0.2) is 22.6 Å². The zero-order valence-electron chi connectivity index (χ0n) is 25.4. The summed E-state index contributed by atoms with van der Waals surface area (Å²) in [5.74, 6) is 1.21. The molecule has 16 nitrogen and oxygen atoms in total. The molecule has 3 N–H and O–H groups in total. The molecule has 0 radical (unpaired) electrons. The molecule has 1 atom stereocenters. The van der Waals surface area contributed by atoms with E-state index in [0.29, 0.717) is 64.1 Å². The number of benzene rings is 1. The number of nitrogens with two attached hydrogens (primary N) is 1. The molecule has 1 aromatic carbocycles. The Balaban J connectivity index is 1.09. The molecule has 6 aromatic rings. The molecule has 0 unspecified atom stereocenters. The highest BCUT2D eigenvalue weighted by molar-refractivity contribution is 6.04. The number of nitrogen functional groups attached to an aromatic ring is 1. The summed E-state index contributed by atoms with van der Waals surface area (Å²) in [4.78, 5) is 60.9. The van der Waals surface area contributed by atoms with E-state index < -0.39 is 5.91 Å². The van der Waals surface area contributed by atoms with Crippen LogP contribution in [-0.4, -0.2) is 55.7 Å². The fourth-order valence-electron chi connectivity index (χ4n) is 5.73. The molecule has 1 aliphatic rings. The number of nitrogens with one attached hydrogen (secondary N) is 1. The molecule has 46 heavy (non-hydrogen) atoms. The van der Waals surface area contributed by atoms with E-state index >= 15 is 0 Å². The van der Waals surface area contributed by atoms with E-state index in [1.165, 1.54) is 9.13 Å². The molecule has 1 saturated heterocycles. The highest BCUT2D eigenvalue weighted by Crippen LogP contribution is 2.28. The Kier molecular flexibility index (Phi) is 7.19. The van der Waals surface area contributed by atoms with E-state index in [9.17, 15) is 14.4 Å². The number of aryl methyl sites for hydroxylation is 2. The predicted octanol–water partition coefficient (Wildman–Crippen LogP) is 2.47. The number of amides is 1. The van der Waals surface area contributed by atoms with Gasteiger partial charge in [-0.15, -0.1) is 0 Å². The summed E-state index contributed by atoms with van der Waals surface area (Å²) in [6, 6.07) is 6.72. The first-order chi connectivity index (χ1) is 22.3. The first kappa shape index (κ1) is 29.1. The van der Waals surface area contributed by atoms with E-state index in [2.05, 4.69) is 30.2 Å². The quantitative estimate of drug-likeness (QED) is 0.252. The van der Waals surface area contributed by atoms with Crippen LogP contribution in [0.15, 0.2) is 50.8 Å². The van der Waals surface area contributed by atoms with Gasteiger partial charge >= 0.3 is 5.69 Å². The van der Waals surface area contributed by atoms with Gasteiger partial charge in [0.1, 0.15) is 23.3 Å². The van der Waals surface area contributed by atoms with Crippen LogP contribution in [0.5, 0.6) is 0 Å². The summed E-state index contributed by atoms with van der Waals surface area (Å²) in [6.07, 6.45) is 5.04. The SMILES string of the molecule is CCn1c(=O)c2c(nc(Cc3cnc(-c4ccc(C(=O)Nc5nc(N)c6ncn([C@H]7CCCO7)c6n5)cc4)o3)n2C)n(CC)c1=O. The molecule has 5 aromatic heterocycles. The van der Waals surface area contributed by atoms with E-state index in [0.717, 1.165) is 12.8 Å². The Hall–Kier alpha value is -5.64. The van der Waals surface area contributed by atoms with Crippen molar-refractivity contribution in [3.8, 4) is 11.5 Å². The smallest absolute Gasteiger partial charge is 0.332 e. The van der Waals surface area contributed by atoms with Crippen molar-refractivity contribution < 1.29 is 13.9 Å². The molecule has 236 valence electrons. The maximum atomic E-state index is 13.1. The van der Waals surface area contributed by atoms with E-state index in [4.69, 9.17) is 14.9 Å². The van der Waals surface area contributed by atoms with Crippen LogP contribution in [-0.2, 0) is 31.3 Å². The number of anilines is 2. The first-order valence-electron chi connectivity index (χ1n) is 14.9. The molecule has 0 bridgehead atoms. The van der Waals surface area contributed by atoms with Gasteiger partial charge in [-0.3, -0.25) is 28.6 Å². The minimum Gasteiger partial charge on any atom is -0.441 e. The van der Waals surface area contributed by atoms with Crippen LogP contribution in [0.25, 0.3) is 33.8 Å². The Morgan fingerprint density at radius 3 is 2.54 bits per heavy atom. The molecular weight excluding hydrogens is 594 g/mol. The number of ether oxygens (including phenoxy) is 1. The monoisotopic (exact) mass is 625 g/mol. The highest BCUT2D eigenvalue weighted by Gasteiger charge is 2.23. The highest BCUT2D eigenvalue weighted by atomic mass is 16.5. The topological polar surface area (TPSA) is 196 Å². The van der Waals surface area contributed by atoms with E-state index in [1.807, 2.05) is 6.92 Å².